The first-order chi connectivity index (χ1) is 9.49. The topological polar surface area (TPSA) is 59.4 Å². The number of benzene rings is 1. The van der Waals surface area contributed by atoms with Crippen LogP contribution in [0, 0.1) is 13.8 Å². The average Bonchev–Trinajstić information content (AvgIpc) is 2.36. The van der Waals surface area contributed by atoms with Crippen molar-refractivity contribution in [3.05, 3.63) is 57.9 Å². The maximum Gasteiger partial charge on any atom is 0.341 e. The van der Waals surface area contributed by atoms with E-state index in [1.807, 2.05) is 18.2 Å². The largest absolute Gasteiger partial charge is 0.488 e. The molecule has 1 aromatic heterocycles. The molecule has 0 unspecified atom stereocenters. The summed E-state index contributed by atoms with van der Waals surface area (Å²) in [6.07, 6.45) is 0. The second kappa shape index (κ2) is 5.92. The molecular formula is C15H14ClNO3. The van der Waals surface area contributed by atoms with Crippen molar-refractivity contribution >= 4 is 17.6 Å². The van der Waals surface area contributed by atoms with Crippen LogP contribution < -0.4 is 4.74 Å². The van der Waals surface area contributed by atoms with Crippen LogP contribution in [0.2, 0.25) is 5.02 Å². The fraction of sp³-hybridized carbons (Fsp3) is 0.200. The number of pyridine rings is 1. The number of halogens is 1. The molecule has 0 aliphatic carbocycles. The minimum absolute atomic E-state index is 0.0858. The summed E-state index contributed by atoms with van der Waals surface area (Å²) in [5.41, 5.74) is 2.04. The normalized spacial score (nSPS) is 10.3. The van der Waals surface area contributed by atoms with Crippen LogP contribution in [-0.4, -0.2) is 16.1 Å². The van der Waals surface area contributed by atoms with Gasteiger partial charge in [-0.1, -0.05) is 29.8 Å². The van der Waals surface area contributed by atoms with Crippen LogP contribution in [0.3, 0.4) is 0 Å². The van der Waals surface area contributed by atoms with Gasteiger partial charge in [-0.2, -0.15) is 0 Å². The van der Waals surface area contributed by atoms with Crippen LogP contribution >= 0.6 is 11.6 Å². The molecular weight excluding hydrogens is 278 g/mol. The summed E-state index contributed by atoms with van der Waals surface area (Å²) in [6.45, 7) is 3.66. The molecule has 1 heterocycles. The minimum Gasteiger partial charge on any atom is -0.488 e. The number of nitrogens with zero attached hydrogens (tertiary/aromatic N) is 1. The van der Waals surface area contributed by atoms with E-state index >= 15 is 0 Å². The van der Waals surface area contributed by atoms with Crippen LogP contribution in [0.4, 0.5) is 0 Å². The predicted molar refractivity (Wildman–Crippen MR) is 76.5 cm³/mol. The lowest BCUT2D eigenvalue weighted by Crippen LogP contribution is -2.08. The molecule has 1 aromatic carbocycles. The molecule has 0 spiro atoms. The van der Waals surface area contributed by atoms with E-state index in [4.69, 9.17) is 16.3 Å². The molecule has 0 aliphatic rings. The number of hydrogen-bond donors (Lipinski definition) is 1. The van der Waals surface area contributed by atoms with Gasteiger partial charge in [0.2, 0.25) is 0 Å². The molecule has 0 amide bonds. The van der Waals surface area contributed by atoms with Crippen molar-refractivity contribution in [1.29, 1.82) is 0 Å². The van der Waals surface area contributed by atoms with Gasteiger partial charge < -0.3 is 9.84 Å². The third-order valence-corrected chi connectivity index (χ3v) is 3.22. The Kier molecular flexibility index (Phi) is 4.25. The van der Waals surface area contributed by atoms with Gasteiger partial charge in [0, 0.05) is 22.3 Å². The van der Waals surface area contributed by atoms with Crippen molar-refractivity contribution in [3.63, 3.8) is 0 Å². The minimum atomic E-state index is -1.05. The zero-order valence-corrected chi connectivity index (χ0v) is 11.9. The summed E-state index contributed by atoms with van der Waals surface area (Å²) in [7, 11) is 0. The standard InChI is InChI=1S/C15H14ClNO3/c1-9-7-13(14(15(18)19)10(2)17-9)20-8-11-5-3-4-6-12(11)16/h3-7H,8H2,1-2H3,(H,18,19). The zero-order valence-electron chi connectivity index (χ0n) is 11.2. The van der Waals surface area contributed by atoms with E-state index in [1.165, 1.54) is 0 Å². The average molecular weight is 292 g/mol. The van der Waals surface area contributed by atoms with Crippen molar-refractivity contribution in [1.82, 2.24) is 4.98 Å². The van der Waals surface area contributed by atoms with E-state index < -0.39 is 5.97 Å². The monoisotopic (exact) mass is 291 g/mol. The maximum absolute atomic E-state index is 11.3. The van der Waals surface area contributed by atoms with Gasteiger partial charge in [-0.3, -0.25) is 4.98 Å². The van der Waals surface area contributed by atoms with Crippen molar-refractivity contribution in [2.45, 2.75) is 20.5 Å². The van der Waals surface area contributed by atoms with Gasteiger partial charge in [0.05, 0.1) is 5.69 Å². The summed E-state index contributed by atoms with van der Waals surface area (Å²) in [5.74, 6) is -0.744. The van der Waals surface area contributed by atoms with E-state index in [9.17, 15) is 9.90 Å². The first kappa shape index (κ1) is 14.3. The SMILES string of the molecule is Cc1cc(OCc2ccccc2Cl)c(C(=O)O)c(C)n1. The first-order valence-electron chi connectivity index (χ1n) is 6.06. The highest BCUT2D eigenvalue weighted by atomic mass is 35.5. The quantitative estimate of drug-likeness (QED) is 0.934. The van der Waals surface area contributed by atoms with Crippen LogP contribution in [0.5, 0.6) is 5.75 Å². The molecule has 0 radical (unpaired) electrons. The molecule has 0 fully saturated rings. The second-order valence-corrected chi connectivity index (χ2v) is 4.81. The van der Waals surface area contributed by atoms with Gasteiger partial charge in [0.25, 0.3) is 0 Å². The number of rotatable bonds is 4. The van der Waals surface area contributed by atoms with Crippen molar-refractivity contribution < 1.29 is 14.6 Å². The number of carbonyl (C=O) groups is 1. The molecule has 0 saturated heterocycles. The Morgan fingerprint density at radius 1 is 1.35 bits per heavy atom. The zero-order chi connectivity index (χ0) is 14.7. The summed E-state index contributed by atoms with van der Waals surface area (Å²) >= 11 is 6.05. The molecule has 2 aromatic rings. The van der Waals surface area contributed by atoms with Crippen molar-refractivity contribution in [2.75, 3.05) is 0 Å². The molecule has 5 heteroatoms. The summed E-state index contributed by atoms with van der Waals surface area (Å²) in [6, 6.07) is 8.90. The van der Waals surface area contributed by atoms with Gasteiger partial charge in [0.15, 0.2) is 0 Å². The molecule has 0 atom stereocenters. The fourth-order valence-corrected chi connectivity index (χ4v) is 2.13. The van der Waals surface area contributed by atoms with Crippen molar-refractivity contribution in [3.8, 4) is 5.75 Å². The Labute approximate surface area is 122 Å². The molecule has 20 heavy (non-hydrogen) atoms. The van der Waals surface area contributed by atoms with Gasteiger partial charge in [-0.25, -0.2) is 4.79 Å². The molecule has 1 N–H and O–H groups in total. The molecule has 0 saturated carbocycles. The Balaban J connectivity index is 2.30. The van der Waals surface area contributed by atoms with Crippen molar-refractivity contribution in [2.24, 2.45) is 0 Å². The fourth-order valence-electron chi connectivity index (χ4n) is 1.94. The number of aryl methyl sites for hydroxylation is 2. The lowest BCUT2D eigenvalue weighted by Gasteiger charge is -2.12. The van der Waals surface area contributed by atoms with Gasteiger partial charge in [-0.05, 0) is 19.9 Å². The highest BCUT2D eigenvalue weighted by Gasteiger charge is 2.17. The van der Waals surface area contributed by atoms with Crippen LogP contribution in [-0.2, 0) is 6.61 Å². The van der Waals surface area contributed by atoms with Crippen LogP contribution in [0.15, 0.2) is 30.3 Å². The molecule has 0 aliphatic heterocycles. The summed E-state index contributed by atoms with van der Waals surface area (Å²) in [4.78, 5) is 15.4. The summed E-state index contributed by atoms with van der Waals surface area (Å²) < 4.78 is 5.62. The third kappa shape index (κ3) is 3.08. The molecule has 2 rings (SSSR count). The van der Waals surface area contributed by atoms with E-state index in [0.717, 1.165) is 5.56 Å². The Bertz CT molecular complexity index is 656. The second-order valence-electron chi connectivity index (χ2n) is 4.41. The Morgan fingerprint density at radius 2 is 2.05 bits per heavy atom. The number of hydrogen-bond acceptors (Lipinski definition) is 3. The highest BCUT2D eigenvalue weighted by Crippen LogP contribution is 2.24. The summed E-state index contributed by atoms with van der Waals surface area (Å²) in [5, 5.41) is 9.83. The lowest BCUT2D eigenvalue weighted by molar-refractivity contribution is 0.0690. The van der Waals surface area contributed by atoms with Gasteiger partial charge in [0.1, 0.15) is 17.9 Å². The van der Waals surface area contributed by atoms with E-state index in [-0.39, 0.29) is 12.2 Å². The Hall–Kier alpha value is -2.07. The number of aromatic carboxylic acids is 1. The van der Waals surface area contributed by atoms with E-state index in [0.29, 0.717) is 22.2 Å². The molecule has 4 nitrogen and oxygen atoms in total. The predicted octanol–water partition coefficient (Wildman–Crippen LogP) is 3.63. The first-order valence-corrected chi connectivity index (χ1v) is 6.44. The molecule has 0 bridgehead atoms. The number of aromatic nitrogens is 1. The van der Waals surface area contributed by atoms with Crippen LogP contribution in [0.25, 0.3) is 0 Å². The smallest absolute Gasteiger partial charge is 0.341 e. The highest BCUT2D eigenvalue weighted by molar-refractivity contribution is 6.31. The van der Waals surface area contributed by atoms with E-state index in [1.54, 1.807) is 26.0 Å². The number of carboxylic acid groups (broad SMARTS) is 1. The van der Waals surface area contributed by atoms with Gasteiger partial charge >= 0.3 is 5.97 Å². The number of carboxylic acids is 1. The van der Waals surface area contributed by atoms with Gasteiger partial charge in [-0.15, -0.1) is 0 Å². The lowest BCUT2D eigenvalue weighted by atomic mass is 10.1. The molecule has 104 valence electrons. The third-order valence-electron chi connectivity index (χ3n) is 2.85. The maximum atomic E-state index is 11.3. The Morgan fingerprint density at radius 3 is 2.70 bits per heavy atom. The van der Waals surface area contributed by atoms with Crippen LogP contribution in [0.1, 0.15) is 27.3 Å². The van der Waals surface area contributed by atoms with E-state index in [2.05, 4.69) is 4.98 Å². The number of ether oxygens (including phenoxy) is 1.